The van der Waals surface area contributed by atoms with Gasteiger partial charge in [-0.3, -0.25) is 9.69 Å². The summed E-state index contributed by atoms with van der Waals surface area (Å²) in [4.78, 5) is 29.8. The number of nitrogens with zero attached hydrogens (tertiary/aromatic N) is 2. The second-order valence-corrected chi connectivity index (χ2v) is 9.05. The highest BCUT2D eigenvalue weighted by atomic mass is 19.1. The quantitative estimate of drug-likeness (QED) is 0.472. The van der Waals surface area contributed by atoms with E-state index in [1.165, 1.54) is 11.0 Å². The Labute approximate surface area is 211 Å². The van der Waals surface area contributed by atoms with Gasteiger partial charge in [-0.05, 0) is 61.6 Å². The van der Waals surface area contributed by atoms with Crippen LogP contribution < -0.4 is 19.7 Å². The number of aliphatic carboxylic acids is 1. The number of aromatic nitrogens is 1. The minimum atomic E-state index is -0.856. The van der Waals surface area contributed by atoms with Crippen LogP contribution in [0.1, 0.15) is 25.7 Å². The third-order valence-corrected chi connectivity index (χ3v) is 6.62. The van der Waals surface area contributed by atoms with Crippen LogP contribution in [0.5, 0.6) is 11.6 Å². The maximum absolute atomic E-state index is 14.0. The summed E-state index contributed by atoms with van der Waals surface area (Å²) in [5.41, 5.74) is 2.06. The van der Waals surface area contributed by atoms with Crippen molar-refractivity contribution in [3.63, 3.8) is 0 Å². The van der Waals surface area contributed by atoms with Crippen molar-refractivity contribution < 1.29 is 33.0 Å². The summed E-state index contributed by atoms with van der Waals surface area (Å²) in [6.07, 6.45) is 4.19. The molecule has 1 fully saturated rings. The Morgan fingerprint density at radius 3 is 2.51 bits per heavy atom. The van der Waals surface area contributed by atoms with E-state index in [0.717, 1.165) is 17.2 Å². The van der Waals surface area contributed by atoms with Crippen LogP contribution in [0.4, 0.5) is 25.0 Å². The molecule has 0 radical (unpaired) electrons. The molecule has 192 valence electrons. The first-order chi connectivity index (χ1) is 17.9. The average molecular weight is 510 g/mol. The number of carbonyl (C=O) groups excluding carboxylic acids is 1. The first kappa shape index (κ1) is 24.5. The van der Waals surface area contributed by atoms with Crippen LogP contribution in [0.25, 0.3) is 11.1 Å². The number of hydrogen-bond donors (Lipinski definition) is 2. The van der Waals surface area contributed by atoms with E-state index in [4.69, 9.17) is 14.6 Å². The molecule has 10 heteroatoms. The van der Waals surface area contributed by atoms with Gasteiger partial charge in [-0.15, -0.1) is 0 Å². The minimum absolute atomic E-state index is 0.0494. The Bertz CT molecular complexity index is 1310. The number of urea groups is 1. The normalized spacial score (nSPS) is 18.9. The number of carboxylic acid groups (broad SMARTS) is 1. The van der Waals surface area contributed by atoms with Gasteiger partial charge >= 0.3 is 12.0 Å². The summed E-state index contributed by atoms with van der Waals surface area (Å²) in [5.74, 6) is -1.66. The molecule has 37 heavy (non-hydrogen) atoms. The van der Waals surface area contributed by atoms with Crippen LogP contribution >= 0.6 is 0 Å². The lowest BCUT2D eigenvalue weighted by molar-refractivity contribution is -0.143. The summed E-state index contributed by atoms with van der Waals surface area (Å²) in [6, 6.07) is 11.4. The van der Waals surface area contributed by atoms with Gasteiger partial charge in [-0.25, -0.2) is 18.6 Å². The van der Waals surface area contributed by atoms with Gasteiger partial charge in [0.25, 0.3) is 0 Å². The minimum Gasteiger partial charge on any atom is -0.490 e. The van der Waals surface area contributed by atoms with Crippen LogP contribution in [-0.4, -0.2) is 41.3 Å². The molecule has 0 atom stereocenters. The van der Waals surface area contributed by atoms with Crippen molar-refractivity contribution in [2.45, 2.75) is 31.8 Å². The number of rotatable bonds is 5. The molecular formula is C27H25F2N3O5. The van der Waals surface area contributed by atoms with Crippen LogP contribution in [0, 0.1) is 17.6 Å². The van der Waals surface area contributed by atoms with Gasteiger partial charge in [0.2, 0.25) is 5.88 Å². The summed E-state index contributed by atoms with van der Waals surface area (Å²) in [5, 5.41) is 11.6. The highest BCUT2D eigenvalue weighted by molar-refractivity contribution is 6.03. The molecule has 3 aromatic rings. The number of carboxylic acids is 1. The zero-order chi connectivity index (χ0) is 25.9. The molecule has 2 N–H and O–H groups in total. The summed E-state index contributed by atoms with van der Waals surface area (Å²) >= 11 is 0. The van der Waals surface area contributed by atoms with E-state index in [1.54, 1.807) is 24.4 Å². The number of benzene rings is 2. The molecule has 2 aliphatic rings. The predicted octanol–water partition coefficient (Wildman–Crippen LogP) is 5.48. The van der Waals surface area contributed by atoms with E-state index in [1.807, 2.05) is 12.1 Å². The van der Waals surface area contributed by atoms with Crippen molar-refractivity contribution in [2.75, 3.05) is 23.4 Å². The van der Waals surface area contributed by atoms with Gasteiger partial charge in [0.1, 0.15) is 30.1 Å². The van der Waals surface area contributed by atoms with Crippen LogP contribution in [-0.2, 0) is 4.79 Å². The van der Waals surface area contributed by atoms with Gasteiger partial charge in [0.05, 0.1) is 23.8 Å². The molecular weight excluding hydrogens is 484 g/mol. The number of amides is 2. The van der Waals surface area contributed by atoms with Gasteiger partial charge < -0.3 is 19.9 Å². The van der Waals surface area contributed by atoms with Crippen LogP contribution in [0.3, 0.4) is 0 Å². The van der Waals surface area contributed by atoms with Gasteiger partial charge in [-0.1, -0.05) is 6.07 Å². The number of carbonyl (C=O) groups is 2. The number of pyridine rings is 1. The van der Waals surface area contributed by atoms with E-state index >= 15 is 0 Å². The third kappa shape index (κ3) is 5.47. The van der Waals surface area contributed by atoms with Crippen molar-refractivity contribution in [1.29, 1.82) is 0 Å². The lowest BCUT2D eigenvalue weighted by Crippen LogP contribution is -2.40. The SMILES string of the molecule is O=C(O)C1CCC(Oc2ccc(-c3ccc4c(c3)OCCN4C(=O)Nc3ccc(F)cc3F)cn2)CC1. The molecule has 0 bridgehead atoms. The fraction of sp³-hybridized carbons (Fsp3) is 0.296. The Hall–Kier alpha value is -4.21. The van der Waals surface area contributed by atoms with Crippen LogP contribution in [0.15, 0.2) is 54.7 Å². The summed E-state index contributed by atoms with van der Waals surface area (Å²) in [7, 11) is 0. The van der Waals surface area contributed by atoms with E-state index in [-0.39, 0.29) is 30.9 Å². The molecule has 2 heterocycles. The predicted molar refractivity (Wildman–Crippen MR) is 132 cm³/mol. The standard InChI is InChI=1S/C27H25F2N3O5/c28-19-5-8-22(21(29)14-19)31-27(35)32-11-12-36-24-13-17(3-9-23(24)32)18-4-10-25(30-15-18)37-20-6-1-16(2-7-20)26(33)34/h3-5,8-10,13-16,20H,1-2,6-7,11-12H2,(H,31,35)(H,33,34). The molecule has 1 aliphatic heterocycles. The lowest BCUT2D eigenvalue weighted by atomic mass is 9.87. The Balaban J connectivity index is 1.25. The average Bonchev–Trinajstić information content (AvgIpc) is 2.90. The molecule has 2 amide bonds. The van der Waals surface area contributed by atoms with Crippen molar-refractivity contribution in [3.05, 3.63) is 66.4 Å². The number of halogens is 2. The highest BCUT2D eigenvalue weighted by Gasteiger charge is 2.27. The largest absolute Gasteiger partial charge is 0.490 e. The molecule has 1 aliphatic carbocycles. The zero-order valence-corrected chi connectivity index (χ0v) is 19.8. The fourth-order valence-electron chi connectivity index (χ4n) is 4.60. The fourth-order valence-corrected chi connectivity index (χ4v) is 4.60. The van der Waals surface area contributed by atoms with Crippen molar-refractivity contribution in [3.8, 4) is 22.8 Å². The zero-order valence-electron chi connectivity index (χ0n) is 19.8. The number of ether oxygens (including phenoxy) is 2. The number of nitrogens with one attached hydrogen (secondary N) is 1. The monoisotopic (exact) mass is 509 g/mol. The molecule has 1 aromatic heterocycles. The second-order valence-electron chi connectivity index (χ2n) is 9.05. The van der Waals surface area contributed by atoms with Gasteiger partial charge in [0.15, 0.2) is 0 Å². The van der Waals surface area contributed by atoms with E-state index in [0.29, 0.717) is 49.1 Å². The maximum atomic E-state index is 14.0. The topological polar surface area (TPSA) is 101 Å². The third-order valence-electron chi connectivity index (χ3n) is 6.62. The number of anilines is 2. The molecule has 5 rings (SSSR count). The first-order valence-corrected chi connectivity index (χ1v) is 12.0. The number of fused-ring (bicyclic) bond motifs is 1. The first-order valence-electron chi connectivity index (χ1n) is 12.0. The summed E-state index contributed by atoms with van der Waals surface area (Å²) in [6.45, 7) is 0.522. The van der Waals surface area contributed by atoms with Crippen molar-refractivity contribution >= 4 is 23.4 Å². The van der Waals surface area contributed by atoms with Crippen molar-refractivity contribution in [2.24, 2.45) is 5.92 Å². The second kappa shape index (κ2) is 10.4. The molecule has 0 unspecified atom stereocenters. The van der Waals surface area contributed by atoms with Crippen LogP contribution in [0.2, 0.25) is 0 Å². The molecule has 0 saturated heterocycles. The Morgan fingerprint density at radius 1 is 1.03 bits per heavy atom. The van der Waals surface area contributed by atoms with E-state index in [2.05, 4.69) is 10.3 Å². The summed E-state index contributed by atoms with van der Waals surface area (Å²) < 4.78 is 38.9. The smallest absolute Gasteiger partial charge is 0.326 e. The van der Waals surface area contributed by atoms with Gasteiger partial charge in [-0.2, -0.15) is 0 Å². The van der Waals surface area contributed by atoms with Gasteiger partial charge in [0, 0.05) is 23.9 Å². The number of hydrogen-bond acceptors (Lipinski definition) is 5. The lowest BCUT2D eigenvalue weighted by Gasteiger charge is -2.30. The van der Waals surface area contributed by atoms with E-state index < -0.39 is 23.6 Å². The molecule has 1 saturated carbocycles. The molecule has 8 nitrogen and oxygen atoms in total. The van der Waals surface area contributed by atoms with E-state index in [9.17, 15) is 18.4 Å². The molecule has 0 spiro atoms. The molecule has 2 aromatic carbocycles. The highest BCUT2D eigenvalue weighted by Crippen LogP contribution is 2.36. The Morgan fingerprint density at radius 2 is 1.81 bits per heavy atom. The Kier molecular flexibility index (Phi) is 6.89. The maximum Gasteiger partial charge on any atom is 0.326 e. The van der Waals surface area contributed by atoms with Crippen molar-refractivity contribution in [1.82, 2.24) is 4.98 Å².